The zero-order valence-electron chi connectivity index (χ0n) is 15.2. The van der Waals surface area contributed by atoms with E-state index in [0.717, 1.165) is 5.56 Å². The molecule has 0 unspecified atom stereocenters. The Labute approximate surface area is 172 Å². The van der Waals surface area contributed by atoms with Crippen molar-refractivity contribution < 1.29 is 19.4 Å². The average Bonchev–Trinajstić information content (AvgIpc) is 2.64. The van der Waals surface area contributed by atoms with Gasteiger partial charge < -0.3 is 9.84 Å². The minimum atomic E-state index is -0.601. The van der Waals surface area contributed by atoms with Crippen molar-refractivity contribution in [1.82, 2.24) is 5.32 Å². The molecule has 0 aromatic heterocycles. The van der Waals surface area contributed by atoms with E-state index in [0.29, 0.717) is 22.9 Å². The maximum atomic E-state index is 13.0. The van der Waals surface area contributed by atoms with Crippen molar-refractivity contribution in [3.8, 4) is 11.5 Å². The number of carbonyl (C=O) groups excluding carboxylic acids is 2. The number of amides is 2. The monoisotopic (exact) mass is 416 g/mol. The smallest absolute Gasteiger partial charge is 0.270 e. The number of nitrogens with one attached hydrogen (secondary N) is 1. The number of nitrogens with zero attached hydrogens (tertiary/aromatic N) is 1. The minimum Gasteiger partial charge on any atom is -0.504 e. The van der Waals surface area contributed by atoms with Gasteiger partial charge in [0.2, 0.25) is 0 Å². The van der Waals surface area contributed by atoms with Gasteiger partial charge in [0, 0.05) is 5.02 Å². The van der Waals surface area contributed by atoms with Crippen LogP contribution in [0.1, 0.15) is 18.1 Å². The Morgan fingerprint density at radius 1 is 1.25 bits per heavy atom. The summed E-state index contributed by atoms with van der Waals surface area (Å²) in [6.45, 7) is 3.99. The van der Waals surface area contributed by atoms with Crippen molar-refractivity contribution in [2.45, 2.75) is 13.8 Å². The molecule has 0 bridgehead atoms. The second-order valence-electron chi connectivity index (χ2n) is 6.05. The molecule has 1 aliphatic rings. The summed E-state index contributed by atoms with van der Waals surface area (Å²) in [7, 11) is 0. The van der Waals surface area contributed by atoms with Crippen LogP contribution < -0.4 is 15.0 Å². The zero-order valence-corrected chi connectivity index (χ0v) is 16.7. The van der Waals surface area contributed by atoms with Gasteiger partial charge in [0.25, 0.3) is 11.8 Å². The molecule has 0 atom stereocenters. The maximum Gasteiger partial charge on any atom is 0.270 e. The lowest BCUT2D eigenvalue weighted by Gasteiger charge is -2.29. The Hall–Kier alpha value is -2.90. The van der Waals surface area contributed by atoms with Gasteiger partial charge in [-0.15, -0.1) is 0 Å². The second-order valence-corrected chi connectivity index (χ2v) is 6.85. The van der Waals surface area contributed by atoms with Crippen molar-refractivity contribution >= 4 is 52.5 Å². The summed E-state index contributed by atoms with van der Waals surface area (Å²) in [5, 5.41) is 12.8. The number of hydrogen-bond acceptors (Lipinski definition) is 5. The van der Waals surface area contributed by atoms with E-state index < -0.39 is 11.8 Å². The molecule has 1 heterocycles. The fraction of sp³-hybridized carbons (Fsp3) is 0.150. The highest BCUT2D eigenvalue weighted by atomic mass is 35.5. The quantitative estimate of drug-likeness (QED) is 0.452. The van der Waals surface area contributed by atoms with E-state index in [1.54, 1.807) is 37.3 Å². The maximum absolute atomic E-state index is 13.0. The molecule has 1 fully saturated rings. The third-order valence-corrected chi connectivity index (χ3v) is 4.80. The molecule has 0 aliphatic carbocycles. The zero-order chi connectivity index (χ0) is 20.4. The van der Waals surface area contributed by atoms with Gasteiger partial charge in [-0.3, -0.25) is 19.8 Å². The Bertz CT molecular complexity index is 1020. The van der Waals surface area contributed by atoms with E-state index in [4.69, 9.17) is 28.6 Å². The number of carbonyl (C=O) groups is 2. The van der Waals surface area contributed by atoms with E-state index in [9.17, 15) is 14.7 Å². The fourth-order valence-electron chi connectivity index (χ4n) is 2.67. The highest BCUT2D eigenvalue weighted by Gasteiger charge is 2.34. The van der Waals surface area contributed by atoms with Crippen LogP contribution in [-0.4, -0.2) is 28.6 Å². The topological polar surface area (TPSA) is 78.9 Å². The standard InChI is InChI=1S/C20H17ClN2O4S/c1-3-27-17-9-12(5-7-16(17)24)8-14-18(25)22-20(28)23(19(14)26)13-6-4-11(2)15(21)10-13/h4-10,24H,3H2,1-2H3,(H,22,25,28)/b14-8+. The third kappa shape index (κ3) is 3.85. The van der Waals surface area contributed by atoms with Crippen molar-refractivity contribution in [1.29, 1.82) is 0 Å². The number of hydrogen-bond donors (Lipinski definition) is 2. The summed E-state index contributed by atoms with van der Waals surface area (Å²) < 4.78 is 5.34. The lowest BCUT2D eigenvalue weighted by molar-refractivity contribution is -0.122. The molecule has 8 heteroatoms. The number of phenolic OH excluding ortho intramolecular Hbond substituents is 1. The molecule has 28 heavy (non-hydrogen) atoms. The normalized spacial score (nSPS) is 15.8. The Morgan fingerprint density at radius 3 is 2.68 bits per heavy atom. The molecule has 0 radical (unpaired) electrons. The number of thiocarbonyl (C=S) groups is 1. The summed E-state index contributed by atoms with van der Waals surface area (Å²) in [6, 6.07) is 9.64. The number of benzene rings is 2. The molecule has 1 aliphatic heterocycles. The molecule has 2 N–H and O–H groups in total. The molecule has 2 amide bonds. The number of phenols is 1. The first-order valence-electron chi connectivity index (χ1n) is 8.45. The lowest BCUT2D eigenvalue weighted by Crippen LogP contribution is -2.54. The van der Waals surface area contributed by atoms with Crippen LogP contribution in [0.3, 0.4) is 0 Å². The lowest BCUT2D eigenvalue weighted by atomic mass is 10.1. The van der Waals surface area contributed by atoms with Crippen LogP contribution in [0.15, 0.2) is 42.0 Å². The van der Waals surface area contributed by atoms with Crippen LogP contribution in [0.25, 0.3) is 6.08 Å². The molecule has 6 nitrogen and oxygen atoms in total. The summed E-state index contributed by atoms with van der Waals surface area (Å²) in [5.74, 6) is -0.936. The first-order valence-corrected chi connectivity index (χ1v) is 9.24. The molecular weight excluding hydrogens is 400 g/mol. The van der Waals surface area contributed by atoms with Crippen LogP contribution in [0.4, 0.5) is 5.69 Å². The van der Waals surface area contributed by atoms with E-state index in [-0.39, 0.29) is 22.2 Å². The first kappa shape index (κ1) is 19.9. The van der Waals surface area contributed by atoms with Crippen LogP contribution >= 0.6 is 23.8 Å². The summed E-state index contributed by atoms with van der Waals surface area (Å²) in [5.41, 5.74) is 1.73. The molecular formula is C20H17ClN2O4S. The number of rotatable bonds is 4. The summed E-state index contributed by atoms with van der Waals surface area (Å²) in [4.78, 5) is 26.6. The molecule has 144 valence electrons. The largest absolute Gasteiger partial charge is 0.504 e. The van der Waals surface area contributed by atoms with Gasteiger partial charge >= 0.3 is 0 Å². The van der Waals surface area contributed by atoms with Crippen molar-refractivity contribution in [2.24, 2.45) is 0 Å². The predicted molar refractivity (Wildman–Crippen MR) is 112 cm³/mol. The van der Waals surface area contributed by atoms with E-state index >= 15 is 0 Å². The second kappa shape index (κ2) is 8.00. The van der Waals surface area contributed by atoms with Crippen LogP contribution in [-0.2, 0) is 9.59 Å². The number of aromatic hydroxyl groups is 1. The van der Waals surface area contributed by atoms with Gasteiger partial charge in [0.1, 0.15) is 5.57 Å². The SMILES string of the molecule is CCOc1cc(/C=C2\C(=O)NC(=S)N(c3ccc(C)c(Cl)c3)C2=O)ccc1O. The first-order chi connectivity index (χ1) is 13.3. The number of anilines is 1. The van der Waals surface area contributed by atoms with Gasteiger partial charge in [-0.2, -0.15) is 0 Å². The average molecular weight is 417 g/mol. The van der Waals surface area contributed by atoms with E-state index in [2.05, 4.69) is 5.32 Å². The van der Waals surface area contributed by atoms with E-state index in [1.165, 1.54) is 17.0 Å². The number of ether oxygens (including phenoxy) is 1. The molecule has 1 saturated heterocycles. The van der Waals surface area contributed by atoms with Gasteiger partial charge in [-0.1, -0.05) is 23.7 Å². The summed E-state index contributed by atoms with van der Waals surface area (Å²) >= 11 is 11.3. The minimum absolute atomic E-state index is 0.0206. The predicted octanol–water partition coefficient (Wildman–Crippen LogP) is 3.58. The third-order valence-electron chi connectivity index (χ3n) is 4.11. The highest BCUT2D eigenvalue weighted by Crippen LogP contribution is 2.30. The van der Waals surface area contributed by atoms with E-state index in [1.807, 2.05) is 6.92 Å². The van der Waals surface area contributed by atoms with Gasteiger partial charge in [-0.05, 0) is 67.5 Å². The van der Waals surface area contributed by atoms with Gasteiger partial charge in [-0.25, -0.2) is 0 Å². The van der Waals surface area contributed by atoms with Crippen molar-refractivity contribution in [3.05, 3.63) is 58.1 Å². The Morgan fingerprint density at radius 2 is 2.00 bits per heavy atom. The Kier molecular flexibility index (Phi) is 5.67. The Balaban J connectivity index is 2.01. The fourth-order valence-corrected chi connectivity index (χ4v) is 3.13. The van der Waals surface area contributed by atoms with Crippen LogP contribution in [0, 0.1) is 6.92 Å². The van der Waals surface area contributed by atoms with Gasteiger partial charge in [0.15, 0.2) is 16.6 Å². The number of halogens is 1. The molecule has 0 saturated carbocycles. The van der Waals surface area contributed by atoms with Crippen LogP contribution in [0.2, 0.25) is 5.02 Å². The molecule has 3 rings (SSSR count). The van der Waals surface area contributed by atoms with Crippen LogP contribution in [0.5, 0.6) is 11.5 Å². The summed E-state index contributed by atoms with van der Waals surface area (Å²) in [6.07, 6.45) is 1.42. The molecule has 2 aromatic rings. The molecule has 2 aromatic carbocycles. The number of aryl methyl sites for hydroxylation is 1. The molecule has 0 spiro atoms. The van der Waals surface area contributed by atoms with Crippen molar-refractivity contribution in [3.63, 3.8) is 0 Å². The van der Waals surface area contributed by atoms with Crippen molar-refractivity contribution in [2.75, 3.05) is 11.5 Å². The highest BCUT2D eigenvalue weighted by molar-refractivity contribution is 7.80. The van der Waals surface area contributed by atoms with Gasteiger partial charge in [0.05, 0.1) is 12.3 Å².